The van der Waals surface area contributed by atoms with Crippen LogP contribution in [-0.4, -0.2) is 54.5 Å². The van der Waals surface area contributed by atoms with Crippen molar-refractivity contribution in [3.8, 4) is 0 Å². The first kappa shape index (κ1) is 13.2. The number of fused-ring (bicyclic) bond motifs is 1. The van der Waals surface area contributed by atoms with Gasteiger partial charge < -0.3 is 19.7 Å². The van der Waals surface area contributed by atoms with Crippen LogP contribution in [-0.2, 0) is 9.47 Å². The lowest BCUT2D eigenvalue weighted by Crippen LogP contribution is -2.49. The number of carbonyl (C=O) groups excluding carboxylic acids is 1. The monoisotopic (exact) mass is 268 g/mol. The second-order valence-electron chi connectivity index (χ2n) is 6.91. The predicted molar refractivity (Wildman–Crippen MR) is 71.0 cm³/mol. The number of hydrogen-bond acceptors (Lipinski definition) is 4. The molecule has 4 atom stereocenters. The third-order valence-electron chi connectivity index (χ3n) is 4.21. The van der Waals surface area contributed by atoms with E-state index in [0.29, 0.717) is 12.0 Å². The average molecular weight is 268 g/mol. The summed E-state index contributed by atoms with van der Waals surface area (Å²) in [7, 11) is 0. The predicted octanol–water partition coefficient (Wildman–Crippen LogP) is 1.37. The molecule has 5 heteroatoms. The Morgan fingerprint density at radius 3 is 2.79 bits per heavy atom. The molecule has 0 radical (unpaired) electrons. The zero-order valence-electron chi connectivity index (χ0n) is 12.0. The van der Waals surface area contributed by atoms with Gasteiger partial charge >= 0.3 is 6.09 Å². The number of ether oxygens (including phenoxy) is 2. The summed E-state index contributed by atoms with van der Waals surface area (Å²) in [6, 6.07) is 0.237. The average Bonchev–Trinajstić information content (AvgIpc) is 2.98. The van der Waals surface area contributed by atoms with E-state index < -0.39 is 5.60 Å². The van der Waals surface area contributed by atoms with E-state index in [-0.39, 0.29) is 18.2 Å². The van der Waals surface area contributed by atoms with Crippen LogP contribution in [0.2, 0.25) is 0 Å². The van der Waals surface area contributed by atoms with E-state index in [1.807, 2.05) is 25.7 Å². The summed E-state index contributed by atoms with van der Waals surface area (Å²) in [5, 5.41) is 3.31. The molecule has 19 heavy (non-hydrogen) atoms. The SMILES string of the molecule is CC(C)(C)OC(=O)N1C[C@@H]2C[C@H]1C2OC1CCNC1. The number of nitrogens with one attached hydrogen (secondary N) is 1. The maximum absolute atomic E-state index is 12.1. The number of carbonyl (C=O) groups is 1. The molecule has 3 aliphatic heterocycles. The molecular formula is C14H24N2O3. The van der Waals surface area contributed by atoms with E-state index in [4.69, 9.17) is 9.47 Å². The van der Waals surface area contributed by atoms with Crippen LogP contribution in [0.1, 0.15) is 33.6 Å². The second kappa shape index (κ2) is 4.63. The van der Waals surface area contributed by atoms with Crippen LogP contribution in [0.4, 0.5) is 4.79 Å². The van der Waals surface area contributed by atoms with Crippen LogP contribution in [0.15, 0.2) is 0 Å². The van der Waals surface area contributed by atoms with Gasteiger partial charge in [-0.2, -0.15) is 0 Å². The van der Waals surface area contributed by atoms with Crippen molar-refractivity contribution < 1.29 is 14.3 Å². The summed E-state index contributed by atoms with van der Waals surface area (Å²) < 4.78 is 11.6. The van der Waals surface area contributed by atoms with Crippen LogP contribution in [0, 0.1) is 5.92 Å². The van der Waals surface area contributed by atoms with Gasteiger partial charge in [-0.15, -0.1) is 0 Å². The minimum absolute atomic E-state index is 0.185. The lowest BCUT2D eigenvalue weighted by molar-refractivity contribution is -0.0819. The lowest BCUT2D eigenvalue weighted by atomic mass is 9.82. The van der Waals surface area contributed by atoms with Crippen molar-refractivity contribution in [2.45, 2.75) is 57.5 Å². The Labute approximate surface area is 114 Å². The number of nitrogens with zero attached hydrogens (tertiary/aromatic N) is 1. The van der Waals surface area contributed by atoms with Crippen LogP contribution in [0.5, 0.6) is 0 Å². The van der Waals surface area contributed by atoms with Gasteiger partial charge in [0.1, 0.15) is 5.60 Å². The zero-order chi connectivity index (χ0) is 13.6. The third kappa shape index (κ3) is 2.58. The van der Waals surface area contributed by atoms with Gasteiger partial charge in [0, 0.05) is 19.0 Å². The molecule has 3 heterocycles. The Kier molecular flexibility index (Phi) is 3.21. The maximum Gasteiger partial charge on any atom is 0.410 e. The third-order valence-corrected chi connectivity index (χ3v) is 4.21. The Morgan fingerprint density at radius 1 is 1.37 bits per heavy atom. The summed E-state index contributed by atoms with van der Waals surface area (Å²) in [6.45, 7) is 8.51. The van der Waals surface area contributed by atoms with Gasteiger partial charge in [0.2, 0.25) is 0 Å². The van der Waals surface area contributed by atoms with E-state index >= 15 is 0 Å². The van der Waals surface area contributed by atoms with Gasteiger partial charge in [0.05, 0.1) is 18.2 Å². The Balaban J connectivity index is 1.55. The van der Waals surface area contributed by atoms with E-state index in [2.05, 4.69) is 5.32 Å². The molecule has 1 saturated carbocycles. The number of amides is 1. The Hall–Kier alpha value is -0.810. The van der Waals surface area contributed by atoms with Crippen molar-refractivity contribution in [1.29, 1.82) is 0 Å². The van der Waals surface area contributed by atoms with Crippen molar-refractivity contribution in [2.24, 2.45) is 5.92 Å². The minimum atomic E-state index is -0.421. The topological polar surface area (TPSA) is 50.8 Å². The highest BCUT2D eigenvalue weighted by molar-refractivity contribution is 5.70. The molecule has 0 aromatic heterocycles. The highest BCUT2D eigenvalue weighted by Crippen LogP contribution is 2.44. The Morgan fingerprint density at radius 2 is 2.16 bits per heavy atom. The number of hydrogen-bond donors (Lipinski definition) is 1. The van der Waals surface area contributed by atoms with Crippen LogP contribution >= 0.6 is 0 Å². The molecule has 1 N–H and O–H groups in total. The van der Waals surface area contributed by atoms with E-state index in [1.165, 1.54) is 0 Å². The number of rotatable bonds is 2. The molecule has 4 aliphatic rings. The quantitative estimate of drug-likeness (QED) is 0.822. The van der Waals surface area contributed by atoms with Crippen molar-refractivity contribution in [2.75, 3.05) is 19.6 Å². The summed E-state index contributed by atoms with van der Waals surface area (Å²) in [5.74, 6) is 0.512. The molecule has 4 fully saturated rings. The summed E-state index contributed by atoms with van der Waals surface area (Å²) in [4.78, 5) is 14.0. The normalized spacial score (nSPS) is 37.3. The summed E-state index contributed by atoms with van der Waals surface area (Å²) in [6.07, 6.45) is 2.54. The van der Waals surface area contributed by atoms with Crippen molar-refractivity contribution in [3.05, 3.63) is 0 Å². The fourth-order valence-electron chi connectivity index (χ4n) is 3.27. The van der Waals surface area contributed by atoms with Gasteiger partial charge in [-0.05, 0) is 40.2 Å². The molecule has 1 amide bonds. The fourth-order valence-corrected chi connectivity index (χ4v) is 3.27. The largest absolute Gasteiger partial charge is 0.444 e. The molecule has 2 bridgehead atoms. The molecule has 0 aromatic rings. The Bertz CT molecular complexity index is 360. The van der Waals surface area contributed by atoms with Gasteiger partial charge in [-0.1, -0.05) is 0 Å². The molecule has 0 aromatic carbocycles. The fraction of sp³-hybridized carbons (Fsp3) is 0.929. The second-order valence-corrected chi connectivity index (χ2v) is 6.91. The van der Waals surface area contributed by atoms with E-state index in [1.54, 1.807) is 0 Å². The van der Waals surface area contributed by atoms with Crippen LogP contribution in [0.25, 0.3) is 0 Å². The molecule has 1 aliphatic carbocycles. The van der Waals surface area contributed by atoms with E-state index in [9.17, 15) is 4.79 Å². The van der Waals surface area contributed by atoms with Crippen LogP contribution in [0.3, 0.4) is 0 Å². The highest BCUT2D eigenvalue weighted by atomic mass is 16.6. The molecule has 108 valence electrons. The first-order valence-electron chi connectivity index (χ1n) is 7.30. The summed E-state index contributed by atoms with van der Waals surface area (Å²) >= 11 is 0. The first-order valence-corrected chi connectivity index (χ1v) is 7.30. The first-order chi connectivity index (χ1) is 8.94. The molecular weight excluding hydrogens is 244 g/mol. The van der Waals surface area contributed by atoms with Gasteiger partial charge in [-0.25, -0.2) is 4.79 Å². The van der Waals surface area contributed by atoms with Gasteiger partial charge in [0.25, 0.3) is 0 Å². The molecule has 3 saturated heterocycles. The minimum Gasteiger partial charge on any atom is -0.444 e. The molecule has 4 rings (SSSR count). The zero-order valence-corrected chi connectivity index (χ0v) is 12.0. The maximum atomic E-state index is 12.1. The smallest absolute Gasteiger partial charge is 0.410 e. The van der Waals surface area contributed by atoms with Crippen molar-refractivity contribution >= 4 is 6.09 Å². The lowest BCUT2D eigenvalue weighted by Gasteiger charge is -2.38. The van der Waals surface area contributed by atoms with E-state index in [0.717, 1.165) is 32.5 Å². The summed E-state index contributed by atoms with van der Waals surface area (Å²) in [5.41, 5.74) is -0.421. The molecule has 0 spiro atoms. The highest BCUT2D eigenvalue weighted by Gasteiger charge is 2.56. The van der Waals surface area contributed by atoms with Gasteiger partial charge in [0.15, 0.2) is 0 Å². The molecule has 2 unspecified atom stereocenters. The molecule has 5 nitrogen and oxygen atoms in total. The standard InChI is InChI=1S/C14H24N2O3/c1-14(2,3)19-13(17)16-8-9-6-11(16)12(9)18-10-4-5-15-7-10/h9-12,15H,4-8H2,1-3H3/t9-,10?,11-,12?/m0/s1. The van der Waals surface area contributed by atoms with Crippen molar-refractivity contribution in [3.63, 3.8) is 0 Å². The van der Waals surface area contributed by atoms with Crippen molar-refractivity contribution in [1.82, 2.24) is 10.2 Å². The van der Waals surface area contributed by atoms with Crippen LogP contribution < -0.4 is 5.32 Å². The van der Waals surface area contributed by atoms with Gasteiger partial charge in [-0.3, -0.25) is 0 Å².